The molecule has 0 amide bonds. The van der Waals surface area contributed by atoms with E-state index in [1.807, 2.05) is 0 Å². The van der Waals surface area contributed by atoms with E-state index in [0.29, 0.717) is 0 Å². The summed E-state index contributed by atoms with van der Waals surface area (Å²) in [6.45, 7) is 0. The molecule has 0 fully saturated rings. The molecule has 5 nitrogen and oxygen atoms in total. The summed E-state index contributed by atoms with van der Waals surface area (Å²) >= 11 is 0. The van der Waals surface area contributed by atoms with Gasteiger partial charge in [-0.1, -0.05) is 0 Å². The Kier molecular flexibility index (Phi) is 3.83. The highest BCUT2D eigenvalue weighted by Gasteiger charge is 2.35. The van der Waals surface area contributed by atoms with Gasteiger partial charge < -0.3 is 15.8 Å². The molecule has 1 heterocycles. The number of hydrogen-bond donors (Lipinski definition) is 2. The third kappa shape index (κ3) is 3.50. The molecule has 0 atom stereocenters. The van der Waals surface area contributed by atoms with Gasteiger partial charge in [0.1, 0.15) is 11.6 Å². The third-order valence-corrected chi connectivity index (χ3v) is 2.42. The van der Waals surface area contributed by atoms with Crippen molar-refractivity contribution in [3.05, 3.63) is 35.9 Å². The average molecular weight is 302 g/mol. The minimum Gasteiger partial charge on any atom is -0.494 e. The highest BCUT2D eigenvalue weighted by Crippen LogP contribution is 2.29. The maximum atomic E-state index is 13.5. The summed E-state index contributed by atoms with van der Waals surface area (Å²) in [5, 5.41) is 2.52. The number of alkyl halides is 3. The molecule has 0 aliphatic rings. The van der Waals surface area contributed by atoms with Gasteiger partial charge in [-0.25, -0.2) is 14.4 Å². The van der Waals surface area contributed by atoms with Crippen LogP contribution < -0.4 is 15.8 Å². The summed E-state index contributed by atoms with van der Waals surface area (Å²) in [6, 6.07) is 4.92. The van der Waals surface area contributed by atoms with Crippen molar-refractivity contribution in [2.45, 2.75) is 6.18 Å². The second-order valence-corrected chi connectivity index (χ2v) is 3.97. The molecule has 0 radical (unpaired) electrons. The van der Waals surface area contributed by atoms with Crippen LogP contribution in [0.2, 0.25) is 0 Å². The van der Waals surface area contributed by atoms with Gasteiger partial charge in [0.2, 0.25) is 5.82 Å². The van der Waals surface area contributed by atoms with Crippen LogP contribution in [0.4, 0.5) is 34.9 Å². The number of nitrogens with zero attached hydrogens (tertiary/aromatic N) is 2. The van der Waals surface area contributed by atoms with Crippen LogP contribution in [0.3, 0.4) is 0 Å². The van der Waals surface area contributed by atoms with E-state index in [1.165, 1.54) is 19.2 Å². The Hall–Kier alpha value is -2.58. The Morgan fingerprint density at radius 2 is 1.90 bits per heavy atom. The first-order valence-electron chi connectivity index (χ1n) is 5.62. The van der Waals surface area contributed by atoms with Crippen molar-refractivity contribution in [2.24, 2.45) is 0 Å². The van der Waals surface area contributed by atoms with Gasteiger partial charge >= 0.3 is 6.18 Å². The van der Waals surface area contributed by atoms with E-state index < -0.39 is 17.8 Å². The second-order valence-electron chi connectivity index (χ2n) is 3.97. The van der Waals surface area contributed by atoms with E-state index in [2.05, 4.69) is 15.3 Å². The molecule has 0 spiro atoms. The minimum atomic E-state index is -4.73. The SMILES string of the molecule is COc1ccc(Nc2cc(N)nc(C(F)(F)F)n2)cc1F. The molecular weight excluding hydrogens is 292 g/mol. The molecule has 21 heavy (non-hydrogen) atoms. The second kappa shape index (κ2) is 5.43. The normalized spacial score (nSPS) is 11.3. The molecule has 0 aliphatic heterocycles. The van der Waals surface area contributed by atoms with Crippen molar-refractivity contribution in [2.75, 3.05) is 18.2 Å². The van der Waals surface area contributed by atoms with Crippen LogP contribution in [0.5, 0.6) is 5.75 Å². The summed E-state index contributed by atoms with van der Waals surface area (Å²) in [5.74, 6) is -2.58. The molecule has 0 unspecified atom stereocenters. The van der Waals surface area contributed by atoms with Gasteiger partial charge in [-0.3, -0.25) is 0 Å². The Morgan fingerprint density at radius 3 is 2.48 bits per heavy atom. The summed E-state index contributed by atoms with van der Waals surface area (Å²) < 4.78 is 55.9. The lowest BCUT2D eigenvalue weighted by Gasteiger charge is -2.11. The van der Waals surface area contributed by atoms with Gasteiger partial charge in [-0.2, -0.15) is 13.2 Å². The molecule has 2 rings (SSSR count). The van der Waals surface area contributed by atoms with Gasteiger partial charge in [0.05, 0.1) is 7.11 Å². The predicted octanol–water partition coefficient (Wildman–Crippen LogP) is 2.97. The van der Waals surface area contributed by atoms with Gasteiger partial charge in [0.25, 0.3) is 0 Å². The van der Waals surface area contributed by atoms with Crippen molar-refractivity contribution in [1.29, 1.82) is 0 Å². The quantitative estimate of drug-likeness (QED) is 0.853. The van der Waals surface area contributed by atoms with Crippen molar-refractivity contribution >= 4 is 17.3 Å². The fourth-order valence-electron chi connectivity index (χ4n) is 1.55. The van der Waals surface area contributed by atoms with Gasteiger partial charge in [0.15, 0.2) is 11.6 Å². The number of anilines is 3. The highest BCUT2D eigenvalue weighted by molar-refractivity contribution is 5.59. The summed E-state index contributed by atoms with van der Waals surface area (Å²) in [6.07, 6.45) is -4.73. The van der Waals surface area contributed by atoms with E-state index in [-0.39, 0.29) is 23.1 Å². The van der Waals surface area contributed by atoms with Crippen LogP contribution in [0.1, 0.15) is 5.82 Å². The lowest BCUT2D eigenvalue weighted by Crippen LogP contribution is -2.13. The minimum absolute atomic E-state index is 0.0127. The van der Waals surface area contributed by atoms with E-state index in [4.69, 9.17) is 10.5 Å². The van der Waals surface area contributed by atoms with Crippen LogP contribution in [0.15, 0.2) is 24.3 Å². The molecule has 1 aromatic carbocycles. The van der Waals surface area contributed by atoms with E-state index in [1.54, 1.807) is 0 Å². The largest absolute Gasteiger partial charge is 0.494 e. The first-order valence-corrected chi connectivity index (χ1v) is 5.62. The number of nitrogens with two attached hydrogens (primary N) is 1. The van der Waals surface area contributed by atoms with Crippen molar-refractivity contribution < 1.29 is 22.3 Å². The molecular formula is C12H10F4N4O. The summed E-state index contributed by atoms with van der Waals surface area (Å²) in [4.78, 5) is 6.39. The maximum absolute atomic E-state index is 13.5. The molecule has 2 aromatic rings. The van der Waals surface area contributed by atoms with Crippen LogP contribution in [-0.4, -0.2) is 17.1 Å². The number of benzene rings is 1. The first-order chi connectivity index (χ1) is 9.79. The standard InChI is InChI=1S/C12H10F4N4O/c1-21-8-3-2-6(4-7(8)13)18-10-5-9(17)19-11(20-10)12(14,15)16/h2-5H,1H3,(H3,17,18,19,20). The number of aromatic nitrogens is 2. The molecule has 0 saturated carbocycles. The predicted molar refractivity (Wildman–Crippen MR) is 67.7 cm³/mol. The van der Waals surface area contributed by atoms with Crippen LogP contribution >= 0.6 is 0 Å². The third-order valence-electron chi connectivity index (χ3n) is 2.42. The number of nitrogens with one attached hydrogen (secondary N) is 1. The fourth-order valence-corrected chi connectivity index (χ4v) is 1.55. The lowest BCUT2D eigenvalue weighted by atomic mass is 10.3. The Labute approximate surface area is 116 Å². The Bertz CT molecular complexity index is 660. The highest BCUT2D eigenvalue weighted by atomic mass is 19.4. The molecule has 1 aromatic heterocycles. The van der Waals surface area contributed by atoms with Crippen molar-refractivity contribution in [1.82, 2.24) is 9.97 Å². The average Bonchev–Trinajstić information content (AvgIpc) is 2.37. The zero-order valence-corrected chi connectivity index (χ0v) is 10.7. The van der Waals surface area contributed by atoms with Gasteiger partial charge in [0, 0.05) is 17.8 Å². The molecule has 112 valence electrons. The van der Waals surface area contributed by atoms with E-state index >= 15 is 0 Å². The van der Waals surface area contributed by atoms with Gasteiger partial charge in [-0.15, -0.1) is 0 Å². The Morgan fingerprint density at radius 1 is 1.19 bits per heavy atom. The van der Waals surface area contributed by atoms with Gasteiger partial charge in [-0.05, 0) is 12.1 Å². The topological polar surface area (TPSA) is 73.1 Å². The zero-order valence-electron chi connectivity index (χ0n) is 10.7. The molecule has 0 saturated heterocycles. The Balaban J connectivity index is 2.31. The van der Waals surface area contributed by atoms with Crippen molar-refractivity contribution in [3.63, 3.8) is 0 Å². The number of halogens is 4. The fraction of sp³-hybridized carbons (Fsp3) is 0.167. The van der Waals surface area contributed by atoms with Crippen LogP contribution in [0, 0.1) is 5.82 Å². The monoisotopic (exact) mass is 302 g/mol. The van der Waals surface area contributed by atoms with Crippen LogP contribution in [-0.2, 0) is 6.18 Å². The zero-order chi connectivity index (χ0) is 15.6. The lowest BCUT2D eigenvalue weighted by molar-refractivity contribution is -0.144. The summed E-state index contributed by atoms with van der Waals surface area (Å²) in [5.41, 5.74) is 5.49. The number of methoxy groups -OCH3 is 1. The molecule has 3 N–H and O–H groups in total. The maximum Gasteiger partial charge on any atom is 0.451 e. The smallest absolute Gasteiger partial charge is 0.451 e. The number of nitrogen functional groups attached to an aromatic ring is 1. The number of rotatable bonds is 3. The molecule has 9 heteroatoms. The van der Waals surface area contributed by atoms with E-state index in [9.17, 15) is 17.6 Å². The summed E-state index contributed by atoms with van der Waals surface area (Å²) in [7, 11) is 1.30. The first kappa shape index (κ1) is 14.8. The van der Waals surface area contributed by atoms with Crippen molar-refractivity contribution in [3.8, 4) is 5.75 Å². The molecule has 0 bridgehead atoms. The number of hydrogen-bond acceptors (Lipinski definition) is 5. The number of ether oxygens (including phenoxy) is 1. The van der Waals surface area contributed by atoms with Crippen LogP contribution in [0.25, 0.3) is 0 Å². The molecule has 0 aliphatic carbocycles. The van der Waals surface area contributed by atoms with E-state index in [0.717, 1.165) is 12.1 Å².